The van der Waals surface area contributed by atoms with E-state index in [9.17, 15) is 9.59 Å². The number of amides is 1. The van der Waals surface area contributed by atoms with Gasteiger partial charge in [-0.25, -0.2) is 9.78 Å². The number of carboxylic acids is 1. The second-order valence-corrected chi connectivity index (χ2v) is 4.10. The van der Waals surface area contributed by atoms with Crippen molar-refractivity contribution in [3.05, 3.63) is 29.6 Å². The minimum atomic E-state index is -1.17. The number of hydrogen-bond acceptors (Lipinski definition) is 4. The number of carbonyl (C=O) groups is 2. The van der Waals surface area contributed by atoms with Crippen LogP contribution in [0.5, 0.6) is 0 Å². The Hall–Kier alpha value is -1.95. The van der Waals surface area contributed by atoms with Gasteiger partial charge in [-0.1, -0.05) is 13.3 Å². The number of aromatic nitrogens is 1. The van der Waals surface area contributed by atoms with E-state index in [2.05, 4.69) is 4.98 Å². The van der Waals surface area contributed by atoms with Gasteiger partial charge in [-0.2, -0.15) is 0 Å². The highest BCUT2D eigenvalue weighted by atomic mass is 16.4. The molecule has 1 aromatic heterocycles. The molecule has 0 saturated carbocycles. The van der Waals surface area contributed by atoms with Crippen molar-refractivity contribution in [1.29, 1.82) is 0 Å². The van der Waals surface area contributed by atoms with Gasteiger partial charge in [0.05, 0.1) is 6.61 Å². The molecule has 0 bridgehead atoms. The van der Waals surface area contributed by atoms with E-state index in [4.69, 9.17) is 10.2 Å². The molecular formula is C13H18N2O4. The molecule has 0 saturated heterocycles. The predicted octanol–water partition coefficient (Wildman–Crippen LogP) is 1.01. The molecule has 1 aromatic rings. The molecule has 1 rings (SSSR count). The topological polar surface area (TPSA) is 90.7 Å². The van der Waals surface area contributed by atoms with E-state index < -0.39 is 5.97 Å². The zero-order valence-electron chi connectivity index (χ0n) is 10.9. The summed E-state index contributed by atoms with van der Waals surface area (Å²) in [5.41, 5.74) is 0.113. The second kappa shape index (κ2) is 7.48. The largest absolute Gasteiger partial charge is 0.477 e. The zero-order chi connectivity index (χ0) is 14.3. The second-order valence-electron chi connectivity index (χ2n) is 4.10. The summed E-state index contributed by atoms with van der Waals surface area (Å²) in [6.07, 6.45) is 3.07. The number of pyridine rings is 1. The number of rotatable bonds is 7. The van der Waals surface area contributed by atoms with Crippen LogP contribution in [-0.4, -0.2) is 51.7 Å². The molecule has 0 radical (unpaired) electrons. The smallest absolute Gasteiger partial charge is 0.354 e. The average Bonchev–Trinajstić information content (AvgIpc) is 2.42. The third-order valence-electron chi connectivity index (χ3n) is 2.66. The summed E-state index contributed by atoms with van der Waals surface area (Å²) >= 11 is 0. The fourth-order valence-corrected chi connectivity index (χ4v) is 1.65. The van der Waals surface area contributed by atoms with Crippen molar-refractivity contribution in [2.75, 3.05) is 19.7 Å². The number of unbranched alkanes of at least 4 members (excludes halogenated alkanes) is 1. The summed E-state index contributed by atoms with van der Waals surface area (Å²) in [5.74, 6) is -1.45. The molecule has 6 nitrogen and oxygen atoms in total. The molecule has 1 heterocycles. The molecule has 19 heavy (non-hydrogen) atoms. The minimum Gasteiger partial charge on any atom is -0.477 e. The molecule has 104 valence electrons. The monoisotopic (exact) mass is 266 g/mol. The molecule has 1 amide bonds. The van der Waals surface area contributed by atoms with Crippen molar-refractivity contribution in [2.45, 2.75) is 19.8 Å². The summed E-state index contributed by atoms with van der Waals surface area (Å²) in [7, 11) is 0. The first-order chi connectivity index (χ1) is 9.10. The van der Waals surface area contributed by atoms with E-state index in [0.717, 1.165) is 12.8 Å². The van der Waals surface area contributed by atoms with Crippen molar-refractivity contribution < 1.29 is 19.8 Å². The molecule has 2 N–H and O–H groups in total. The number of aromatic carboxylic acids is 1. The standard InChI is InChI=1S/C13H18N2O4/c1-2-3-6-15(7-8-16)12(17)10-4-5-14-11(9-10)13(18)19/h4-5,9,16H,2-3,6-8H2,1H3,(H,18,19). The first-order valence-electron chi connectivity index (χ1n) is 6.19. The lowest BCUT2D eigenvalue weighted by Gasteiger charge is -2.21. The van der Waals surface area contributed by atoms with Crippen LogP contribution in [0.4, 0.5) is 0 Å². The van der Waals surface area contributed by atoms with Crippen LogP contribution < -0.4 is 0 Å². The van der Waals surface area contributed by atoms with E-state index in [1.165, 1.54) is 23.2 Å². The minimum absolute atomic E-state index is 0.119. The Kier molecular flexibility index (Phi) is 5.95. The molecule has 0 fully saturated rings. The van der Waals surface area contributed by atoms with Gasteiger partial charge in [-0.3, -0.25) is 4.79 Å². The van der Waals surface area contributed by atoms with Crippen molar-refractivity contribution in [3.8, 4) is 0 Å². The fraction of sp³-hybridized carbons (Fsp3) is 0.462. The molecule has 0 aliphatic carbocycles. The molecule has 6 heteroatoms. The lowest BCUT2D eigenvalue weighted by Crippen LogP contribution is -2.34. The average molecular weight is 266 g/mol. The summed E-state index contributed by atoms with van der Waals surface area (Å²) in [6, 6.07) is 2.73. The van der Waals surface area contributed by atoms with Crippen LogP contribution in [0.3, 0.4) is 0 Å². The maximum Gasteiger partial charge on any atom is 0.354 e. The van der Waals surface area contributed by atoms with Crippen molar-refractivity contribution in [3.63, 3.8) is 0 Å². The van der Waals surface area contributed by atoms with E-state index in [1.807, 2.05) is 6.92 Å². The van der Waals surface area contributed by atoms with Gasteiger partial charge in [-0.15, -0.1) is 0 Å². The van der Waals surface area contributed by atoms with Gasteiger partial charge in [0.15, 0.2) is 0 Å². The van der Waals surface area contributed by atoms with E-state index in [-0.39, 0.29) is 30.3 Å². The Morgan fingerprint density at radius 1 is 1.37 bits per heavy atom. The van der Waals surface area contributed by atoms with Gasteiger partial charge in [0.2, 0.25) is 0 Å². The SMILES string of the molecule is CCCCN(CCO)C(=O)c1ccnc(C(=O)O)c1. The van der Waals surface area contributed by atoms with E-state index >= 15 is 0 Å². The summed E-state index contributed by atoms with van der Waals surface area (Å²) in [5, 5.41) is 17.8. The first kappa shape index (κ1) is 15.1. The predicted molar refractivity (Wildman–Crippen MR) is 69.1 cm³/mol. The molecule has 0 aliphatic heterocycles. The Balaban J connectivity index is 2.88. The number of nitrogens with zero attached hydrogens (tertiary/aromatic N) is 2. The highest BCUT2D eigenvalue weighted by Crippen LogP contribution is 2.08. The fourth-order valence-electron chi connectivity index (χ4n) is 1.65. The lowest BCUT2D eigenvalue weighted by molar-refractivity contribution is 0.0690. The third kappa shape index (κ3) is 4.33. The summed E-state index contributed by atoms with van der Waals surface area (Å²) in [4.78, 5) is 28.2. The van der Waals surface area contributed by atoms with Crippen LogP contribution in [-0.2, 0) is 0 Å². The molecule has 0 atom stereocenters. The van der Waals surface area contributed by atoms with Crippen LogP contribution in [0.25, 0.3) is 0 Å². The summed E-state index contributed by atoms with van der Waals surface area (Å²) in [6.45, 7) is 2.67. The van der Waals surface area contributed by atoms with Gasteiger partial charge in [-0.05, 0) is 18.6 Å². The Morgan fingerprint density at radius 3 is 2.68 bits per heavy atom. The number of aliphatic hydroxyl groups excluding tert-OH is 1. The van der Waals surface area contributed by atoms with Crippen molar-refractivity contribution in [2.24, 2.45) is 0 Å². The highest BCUT2D eigenvalue weighted by molar-refractivity contribution is 5.96. The molecule has 0 unspecified atom stereocenters. The number of aliphatic hydroxyl groups is 1. The van der Waals surface area contributed by atoms with Gasteiger partial charge in [0.25, 0.3) is 5.91 Å². The lowest BCUT2D eigenvalue weighted by atomic mass is 10.2. The first-order valence-corrected chi connectivity index (χ1v) is 6.19. The van der Waals surface area contributed by atoms with Crippen LogP contribution >= 0.6 is 0 Å². The van der Waals surface area contributed by atoms with Crippen LogP contribution in [0.15, 0.2) is 18.3 Å². The Morgan fingerprint density at radius 2 is 2.11 bits per heavy atom. The number of hydrogen-bond donors (Lipinski definition) is 2. The highest BCUT2D eigenvalue weighted by Gasteiger charge is 2.16. The van der Waals surface area contributed by atoms with Gasteiger partial charge in [0.1, 0.15) is 5.69 Å². The quantitative estimate of drug-likeness (QED) is 0.768. The van der Waals surface area contributed by atoms with Crippen molar-refractivity contribution in [1.82, 2.24) is 9.88 Å². The molecule has 0 aromatic carbocycles. The normalized spacial score (nSPS) is 10.2. The van der Waals surface area contributed by atoms with Gasteiger partial charge in [0, 0.05) is 24.8 Å². The van der Waals surface area contributed by atoms with E-state index in [0.29, 0.717) is 6.54 Å². The Labute approximate surface area is 111 Å². The maximum atomic E-state index is 12.2. The number of carboxylic acid groups (broad SMARTS) is 1. The van der Waals surface area contributed by atoms with Crippen LogP contribution in [0.1, 0.15) is 40.6 Å². The van der Waals surface area contributed by atoms with Gasteiger partial charge >= 0.3 is 5.97 Å². The molecule has 0 spiro atoms. The number of carbonyl (C=O) groups excluding carboxylic acids is 1. The van der Waals surface area contributed by atoms with Gasteiger partial charge < -0.3 is 15.1 Å². The molecular weight excluding hydrogens is 248 g/mol. The van der Waals surface area contributed by atoms with E-state index in [1.54, 1.807) is 0 Å². The Bertz CT molecular complexity index is 448. The maximum absolute atomic E-state index is 12.2. The molecule has 0 aliphatic rings. The zero-order valence-corrected chi connectivity index (χ0v) is 10.9. The van der Waals surface area contributed by atoms with Crippen molar-refractivity contribution >= 4 is 11.9 Å². The van der Waals surface area contributed by atoms with Crippen LogP contribution in [0.2, 0.25) is 0 Å². The summed E-state index contributed by atoms with van der Waals surface area (Å²) < 4.78 is 0. The third-order valence-corrected chi connectivity index (χ3v) is 2.66. The van der Waals surface area contributed by atoms with Crippen LogP contribution in [0, 0.1) is 0 Å².